The lowest BCUT2D eigenvalue weighted by Crippen LogP contribution is -2.35. The van der Waals surface area contributed by atoms with E-state index in [1.165, 1.54) is 12.8 Å². The molecule has 0 aromatic heterocycles. The van der Waals surface area contributed by atoms with Crippen LogP contribution < -0.4 is 10.6 Å². The van der Waals surface area contributed by atoms with E-state index in [-0.39, 0.29) is 24.2 Å². The molecule has 1 aliphatic carbocycles. The van der Waals surface area contributed by atoms with Gasteiger partial charge < -0.3 is 10.6 Å². The van der Waals surface area contributed by atoms with Gasteiger partial charge in [-0.1, -0.05) is 18.2 Å². The van der Waals surface area contributed by atoms with Crippen LogP contribution in [0.15, 0.2) is 24.3 Å². The maximum atomic E-state index is 12.1. The molecule has 2 aliphatic rings. The Labute approximate surface area is 106 Å². The fourth-order valence-corrected chi connectivity index (χ4v) is 2.34. The molecule has 1 aromatic carbocycles. The van der Waals surface area contributed by atoms with Crippen molar-refractivity contribution in [3.63, 3.8) is 0 Å². The molecule has 2 N–H and O–H groups in total. The number of amides is 2. The lowest BCUT2D eigenvalue weighted by Gasteiger charge is -2.24. The van der Waals surface area contributed by atoms with Crippen molar-refractivity contribution in [1.29, 1.82) is 0 Å². The van der Waals surface area contributed by atoms with E-state index in [1.807, 2.05) is 24.3 Å². The zero-order chi connectivity index (χ0) is 12.5. The summed E-state index contributed by atoms with van der Waals surface area (Å²) in [5.41, 5.74) is 1.69. The number of rotatable bonds is 3. The summed E-state index contributed by atoms with van der Waals surface area (Å²) in [6.45, 7) is 0.749. The van der Waals surface area contributed by atoms with Crippen molar-refractivity contribution in [3.05, 3.63) is 29.8 Å². The molecule has 94 valence electrons. The number of hydrogen-bond donors (Lipinski definition) is 2. The van der Waals surface area contributed by atoms with Gasteiger partial charge in [-0.05, 0) is 30.4 Å². The van der Waals surface area contributed by atoms with E-state index in [0.29, 0.717) is 5.92 Å². The molecule has 4 nitrogen and oxygen atoms in total. The van der Waals surface area contributed by atoms with E-state index >= 15 is 0 Å². The molecule has 4 heteroatoms. The molecule has 1 aliphatic heterocycles. The third-order valence-corrected chi connectivity index (χ3v) is 3.58. The van der Waals surface area contributed by atoms with Crippen LogP contribution in [-0.2, 0) is 9.59 Å². The molecular formula is C14H16N2O2. The van der Waals surface area contributed by atoms with Crippen LogP contribution in [0.4, 0.5) is 5.69 Å². The van der Waals surface area contributed by atoms with Gasteiger partial charge in [0.25, 0.3) is 0 Å². The van der Waals surface area contributed by atoms with Crippen LogP contribution in [0.2, 0.25) is 0 Å². The van der Waals surface area contributed by atoms with Crippen LogP contribution in [-0.4, -0.2) is 18.4 Å². The van der Waals surface area contributed by atoms with E-state index in [2.05, 4.69) is 10.6 Å². The van der Waals surface area contributed by atoms with Crippen LogP contribution >= 0.6 is 0 Å². The summed E-state index contributed by atoms with van der Waals surface area (Å²) < 4.78 is 0. The number of hydrogen-bond acceptors (Lipinski definition) is 2. The average Bonchev–Trinajstić information content (AvgIpc) is 3.19. The summed E-state index contributed by atoms with van der Waals surface area (Å²) in [6, 6.07) is 7.52. The highest BCUT2D eigenvalue weighted by molar-refractivity contribution is 6.01. The average molecular weight is 244 g/mol. The van der Waals surface area contributed by atoms with Gasteiger partial charge in [-0.2, -0.15) is 0 Å². The third-order valence-electron chi connectivity index (χ3n) is 3.58. The highest BCUT2D eigenvalue weighted by Gasteiger charge is 2.31. The van der Waals surface area contributed by atoms with Crippen LogP contribution in [0.25, 0.3) is 0 Å². The number of carbonyl (C=O) groups excluding carboxylic acids is 2. The first-order chi connectivity index (χ1) is 8.74. The van der Waals surface area contributed by atoms with Crippen molar-refractivity contribution in [1.82, 2.24) is 5.32 Å². The number of benzene rings is 1. The molecule has 1 heterocycles. The van der Waals surface area contributed by atoms with Crippen molar-refractivity contribution < 1.29 is 9.59 Å². The third kappa shape index (κ3) is 2.23. The Bertz CT molecular complexity index is 494. The smallest absolute Gasteiger partial charge is 0.228 e. The number of carbonyl (C=O) groups is 2. The summed E-state index contributed by atoms with van der Waals surface area (Å²) >= 11 is 0. The van der Waals surface area contributed by atoms with E-state index in [1.54, 1.807) is 0 Å². The quantitative estimate of drug-likeness (QED) is 0.849. The van der Waals surface area contributed by atoms with Crippen molar-refractivity contribution in [2.45, 2.75) is 25.2 Å². The van der Waals surface area contributed by atoms with Gasteiger partial charge in [0.1, 0.15) is 0 Å². The normalized spacial score (nSPS) is 22.0. The van der Waals surface area contributed by atoms with E-state index in [4.69, 9.17) is 0 Å². The van der Waals surface area contributed by atoms with Gasteiger partial charge in [0.2, 0.25) is 11.8 Å². The molecule has 1 fully saturated rings. The van der Waals surface area contributed by atoms with Crippen molar-refractivity contribution in [3.8, 4) is 0 Å². The van der Waals surface area contributed by atoms with Crippen molar-refractivity contribution in [2.75, 3.05) is 11.9 Å². The number of para-hydroxylation sites is 1. The summed E-state index contributed by atoms with van der Waals surface area (Å²) in [5, 5.41) is 5.76. The minimum Gasteiger partial charge on any atom is -0.355 e. The summed E-state index contributed by atoms with van der Waals surface area (Å²) in [6.07, 6.45) is 2.66. The predicted octanol–water partition coefficient (Wildman–Crippen LogP) is 1.64. The molecule has 3 rings (SSSR count). The Morgan fingerprint density at radius 1 is 1.33 bits per heavy atom. The molecule has 1 atom stereocenters. The number of nitrogens with one attached hydrogen (secondary N) is 2. The maximum absolute atomic E-state index is 12.1. The molecule has 1 unspecified atom stereocenters. The Balaban J connectivity index is 1.78. The highest BCUT2D eigenvalue weighted by Crippen LogP contribution is 2.32. The van der Waals surface area contributed by atoms with Crippen LogP contribution in [0, 0.1) is 5.92 Å². The number of anilines is 1. The van der Waals surface area contributed by atoms with Crippen molar-refractivity contribution >= 4 is 17.5 Å². The van der Waals surface area contributed by atoms with E-state index < -0.39 is 0 Å². The lowest BCUT2D eigenvalue weighted by molar-refractivity contribution is -0.126. The van der Waals surface area contributed by atoms with E-state index in [9.17, 15) is 9.59 Å². The summed E-state index contributed by atoms with van der Waals surface area (Å²) in [5.74, 6) is 0.208. The Hall–Kier alpha value is -1.84. The topological polar surface area (TPSA) is 58.2 Å². The summed E-state index contributed by atoms with van der Waals surface area (Å²) in [4.78, 5) is 23.7. The van der Waals surface area contributed by atoms with Gasteiger partial charge >= 0.3 is 0 Å². The predicted molar refractivity (Wildman–Crippen MR) is 68.2 cm³/mol. The van der Waals surface area contributed by atoms with Gasteiger partial charge in [-0.25, -0.2) is 0 Å². The second kappa shape index (κ2) is 4.44. The van der Waals surface area contributed by atoms with E-state index in [0.717, 1.165) is 17.8 Å². The van der Waals surface area contributed by atoms with Crippen LogP contribution in [0.3, 0.4) is 0 Å². The van der Waals surface area contributed by atoms with Gasteiger partial charge in [-0.3, -0.25) is 9.59 Å². The molecule has 0 saturated heterocycles. The monoisotopic (exact) mass is 244 g/mol. The Morgan fingerprint density at radius 2 is 2.11 bits per heavy atom. The fourth-order valence-electron chi connectivity index (χ4n) is 2.34. The Kier molecular flexibility index (Phi) is 2.78. The Morgan fingerprint density at radius 3 is 2.89 bits per heavy atom. The van der Waals surface area contributed by atoms with Crippen molar-refractivity contribution in [2.24, 2.45) is 5.92 Å². The fraction of sp³-hybridized carbons (Fsp3) is 0.429. The SMILES string of the molecule is O=C1CC(C(=O)NCC2CC2)c2ccccc2N1. The first kappa shape index (κ1) is 11.3. The minimum atomic E-state index is -0.339. The van der Waals surface area contributed by atoms with Gasteiger partial charge in [-0.15, -0.1) is 0 Å². The molecule has 0 radical (unpaired) electrons. The van der Waals surface area contributed by atoms with Gasteiger partial charge in [0, 0.05) is 18.7 Å². The second-order valence-corrected chi connectivity index (χ2v) is 5.08. The summed E-state index contributed by atoms with van der Waals surface area (Å²) in [7, 11) is 0. The zero-order valence-electron chi connectivity index (χ0n) is 10.1. The molecule has 0 bridgehead atoms. The lowest BCUT2D eigenvalue weighted by atomic mass is 9.90. The minimum absolute atomic E-state index is 0.0239. The first-order valence-electron chi connectivity index (χ1n) is 6.40. The molecule has 2 amide bonds. The molecule has 1 saturated carbocycles. The van der Waals surface area contributed by atoms with Gasteiger partial charge in [0.05, 0.1) is 5.92 Å². The molecule has 1 aromatic rings. The standard InChI is InChI=1S/C14H16N2O2/c17-13-7-11(14(18)15-8-9-5-6-9)10-3-1-2-4-12(10)16-13/h1-4,9,11H,5-8H2,(H,15,18)(H,16,17). The second-order valence-electron chi connectivity index (χ2n) is 5.08. The maximum Gasteiger partial charge on any atom is 0.228 e. The molecule has 18 heavy (non-hydrogen) atoms. The largest absolute Gasteiger partial charge is 0.355 e. The van der Waals surface area contributed by atoms with Gasteiger partial charge in [0.15, 0.2) is 0 Å². The first-order valence-corrected chi connectivity index (χ1v) is 6.40. The molecule has 0 spiro atoms. The highest BCUT2D eigenvalue weighted by atomic mass is 16.2. The van der Waals surface area contributed by atoms with Crippen LogP contribution in [0.5, 0.6) is 0 Å². The number of fused-ring (bicyclic) bond motifs is 1. The zero-order valence-corrected chi connectivity index (χ0v) is 10.1. The molecular weight excluding hydrogens is 228 g/mol. The van der Waals surface area contributed by atoms with Crippen LogP contribution in [0.1, 0.15) is 30.7 Å².